The fourth-order valence-electron chi connectivity index (χ4n) is 8.39. The summed E-state index contributed by atoms with van der Waals surface area (Å²) in [6.07, 6.45) is -57.3. The molecule has 0 aliphatic carbocycles. The van der Waals surface area contributed by atoms with Crippen molar-refractivity contribution in [2.75, 3.05) is 39.6 Å². The summed E-state index contributed by atoms with van der Waals surface area (Å²) in [5.74, 6) is 0. The Morgan fingerprint density at radius 3 is 0.866 bits per heavy atom. The van der Waals surface area contributed by atoms with E-state index in [1.807, 2.05) is 0 Å². The molecule has 31 heteroatoms. The molecule has 67 heavy (non-hydrogen) atoms. The van der Waals surface area contributed by atoms with E-state index in [0.29, 0.717) is 0 Å². The predicted octanol–water partition coefficient (Wildman–Crippen LogP) is -14.1. The molecule has 0 bridgehead atoms. The Bertz CT molecular complexity index is 1510. The van der Waals surface area contributed by atoms with Crippen molar-refractivity contribution in [1.82, 2.24) is 0 Å². The highest BCUT2D eigenvalue weighted by atomic mass is 16.8. The lowest BCUT2D eigenvalue weighted by Crippen LogP contribution is -2.67. The van der Waals surface area contributed by atoms with Crippen LogP contribution < -0.4 is 0 Å². The van der Waals surface area contributed by atoms with Crippen LogP contribution >= 0.6 is 0 Å². The van der Waals surface area contributed by atoms with Crippen LogP contribution in [-0.4, -0.2) is 326 Å². The van der Waals surface area contributed by atoms with Gasteiger partial charge in [0.15, 0.2) is 37.7 Å². The molecule has 0 amide bonds. The van der Waals surface area contributed by atoms with Crippen molar-refractivity contribution in [3.05, 3.63) is 0 Å². The third kappa shape index (κ3) is 11.4. The van der Waals surface area contributed by atoms with Crippen molar-refractivity contribution in [1.29, 1.82) is 0 Å². The van der Waals surface area contributed by atoms with Crippen LogP contribution in [0.4, 0.5) is 0 Å². The lowest BCUT2D eigenvalue weighted by atomic mass is 9.95. The van der Waals surface area contributed by atoms with Crippen LogP contribution in [0.3, 0.4) is 0 Å². The smallest absolute Gasteiger partial charge is 0.187 e. The van der Waals surface area contributed by atoms with Gasteiger partial charge in [0.1, 0.15) is 146 Å². The van der Waals surface area contributed by atoms with Crippen LogP contribution in [-0.2, 0) is 52.1 Å². The number of rotatable bonds is 16. The van der Waals surface area contributed by atoms with Crippen LogP contribution in [0.5, 0.6) is 0 Å². The molecule has 0 aromatic heterocycles. The second-order valence-electron chi connectivity index (χ2n) is 16.8. The van der Waals surface area contributed by atoms with Gasteiger partial charge in [0.2, 0.25) is 0 Å². The van der Waals surface area contributed by atoms with Crippen LogP contribution in [0.15, 0.2) is 0 Å². The first kappa shape index (κ1) is 55.1. The standard InChI is InChI=1S/C36H62O31/c37-1-7-13(42)19(48)21(50)33(60-7)65-29-16(45)10(4-40)62-35(25(29)54)64-27-18(47)12(58-31(56)23(27)52)6-57-32-24(53)28(15(44)9(3-39)59-32)67-36-26(55)30(17(46)11(5-41)63-36)66-34-22(51)20(49)14(43)8(2-38)61-34/h7-56H,1-6H2/t7?,8?,9?,10?,11?,12?,13-,14-,15-,16-,17-,18-,19-,20-,21?,22?,23?,24?,25?,26?,27-,28-,29-,30-,31+,32+,33-,34-,35-,36-/m0/s1. The summed E-state index contributed by atoms with van der Waals surface area (Å²) in [4.78, 5) is 0. The number of hydrogen-bond acceptors (Lipinski definition) is 31. The molecule has 392 valence electrons. The Hall–Kier alpha value is -1.24. The van der Waals surface area contributed by atoms with E-state index >= 15 is 0 Å². The molecule has 0 radical (unpaired) electrons. The molecule has 6 rings (SSSR count). The van der Waals surface area contributed by atoms with Gasteiger partial charge >= 0.3 is 0 Å². The fourth-order valence-corrected chi connectivity index (χ4v) is 8.39. The molecule has 31 nitrogen and oxygen atoms in total. The summed E-state index contributed by atoms with van der Waals surface area (Å²) < 4.78 is 60.3. The van der Waals surface area contributed by atoms with E-state index in [-0.39, 0.29) is 0 Å². The first-order chi connectivity index (χ1) is 31.7. The highest BCUT2D eigenvalue weighted by molar-refractivity contribution is 4.99. The number of aliphatic hydroxyl groups is 20. The SMILES string of the molecule is OCC1O[C@@H](O[C@@H]2C(O)[C@H](O[C@@H]3C(O)[C@H](OCC4O[C@@H](O)C(O)[C@@H](O[C@@H]5OC(CO)[C@H](O)[C@H](O[C@@H]6OC(CO)[C@H](O)[C@H](O)C6O)C5O)[C@H]4O)OC(CO)[C@@H]3O)OC(CO)[C@@H]2O)C(O)[C@@H](O)[C@H]1O. The van der Waals surface area contributed by atoms with E-state index in [2.05, 4.69) is 0 Å². The van der Waals surface area contributed by atoms with Crippen molar-refractivity contribution >= 4 is 0 Å². The molecule has 20 N–H and O–H groups in total. The van der Waals surface area contributed by atoms with E-state index < -0.39 is 224 Å². The molecule has 30 atom stereocenters. The second-order valence-corrected chi connectivity index (χ2v) is 16.8. The maximum absolute atomic E-state index is 11.4. The monoisotopic (exact) mass is 990 g/mol. The highest BCUT2D eigenvalue weighted by Gasteiger charge is 2.56. The number of hydrogen-bond donors (Lipinski definition) is 20. The Labute approximate surface area is 378 Å². The van der Waals surface area contributed by atoms with Crippen LogP contribution in [0.2, 0.25) is 0 Å². The van der Waals surface area contributed by atoms with Crippen molar-refractivity contribution in [2.24, 2.45) is 0 Å². The second kappa shape index (κ2) is 23.5. The summed E-state index contributed by atoms with van der Waals surface area (Å²) >= 11 is 0. The van der Waals surface area contributed by atoms with Crippen LogP contribution in [0.1, 0.15) is 0 Å². The van der Waals surface area contributed by atoms with Crippen LogP contribution in [0, 0.1) is 0 Å². The highest BCUT2D eigenvalue weighted by Crippen LogP contribution is 2.35. The van der Waals surface area contributed by atoms with Gasteiger partial charge in [-0.2, -0.15) is 0 Å². The van der Waals surface area contributed by atoms with Gasteiger partial charge in [-0.15, -0.1) is 0 Å². The van der Waals surface area contributed by atoms with Crippen molar-refractivity contribution in [3.8, 4) is 0 Å². The zero-order valence-electron chi connectivity index (χ0n) is 35.0. The minimum atomic E-state index is -2.19. The molecule has 6 aliphatic rings. The largest absolute Gasteiger partial charge is 0.394 e. The quantitative estimate of drug-likeness (QED) is 0.0683. The summed E-state index contributed by atoms with van der Waals surface area (Å²) in [5, 5.41) is 210. The van der Waals surface area contributed by atoms with Gasteiger partial charge in [-0.25, -0.2) is 0 Å². The summed E-state index contributed by atoms with van der Waals surface area (Å²) in [5.41, 5.74) is 0. The van der Waals surface area contributed by atoms with Crippen molar-refractivity contribution in [2.45, 2.75) is 184 Å². The van der Waals surface area contributed by atoms with E-state index in [0.717, 1.165) is 0 Å². The molecule has 0 spiro atoms. The lowest BCUT2D eigenvalue weighted by Gasteiger charge is -2.48. The topological polar surface area (TPSA) is 506 Å². The normalized spacial score (nSPS) is 53.4. The van der Waals surface area contributed by atoms with Gasteiger partial charge in [0.25, 0.3) is 0 Å². The molecule has 6 heterocycles. The van der Waals surface area contributed by atoms with E-state index in [9.17, 15) is 102 Å². The third-order valence-corrected chi connectivity index (χ3v) is 12.4. The lowest BCUT2D eigenvalue weighted by molar-refractivity contribution is -0.386. The van der Waals surface area contributed by atoms with E-state index in [1.54, 1.807) is 0 Å². The van der Waals surface area contributed by atoms with Gasteiger partial charge in [0.05, 0.1) is 39.6 Å². The van der Waals surface area contributed by atoms with Crippen molar-refractivity contribution < 1.29 is 154 Å². The zero-order valence-corrected chi connectivity index (χ0v) is 35.0. The minimum absolute atomic E-state index is 0.862. The molecule has 12 unspecified atom stereocenters. The molecule has 6 aliphatic heterocycles. The Balaban J connectivity index is 1.12. The Morgan fingerprint density at radius 2 is 0.522 bits per heavy atom. The summed E-state index contributed by atoms with van der Waals surface area (Å²) in [6.45, 7) is -5.52. The number of aliphatic hydroxyl groups excluding tert-OH is 20. The molecular formula is C36H62O31. The molecule has 0 aromatic carbocycles. The average molecular weight is 991 g/mol. The first-order valence-corrected chi connectivity index (χ1v) is 21.1. The van der Waals surface area contributed by atoms with Gasteiger partial charge in [-0.1, -0.05) is 0 Å². The molecule has 0 aromatic rings. The first-order valence-electron chi connectivity index (χ1n) is 21.1. The van der Waals surface area contributed by atoms with E-state index in [4.69, 9.17) is 52.1 Å². The van der Waals surface area contributed by atoms with E-state index in [1.165, 1.54) is 0 Å². The molecule has 6 saturated heterocycles. The zero-order chi connectivity index (χ0) is 49.3. The Kier molecular flexibility index (Phi) is 19.4. The molecular weight excluding hydrogens is 928 g/mol. The maximum atomic E-state index is 11.4. The van der Waals surface area contributed by atoms with Gasteiger partial charge in [0, 0.05) is 0 Å². The number of ether oxygens (including phenoxy) is 11. The minimum Gasteiger partial charge on any atom is -0.394 e. The molecule has 0 saturated carbocycles. The summed E-state index contributed by atoms with van der Waals surface area (Å²) in [6, 6.07) is 0. The van der Waals surface area contributed by atoms with Crippen LogP contribution in [0.25, 0.3) is 0 Å². The summed E-state index contributed by atoms with van der Waals surface area (Å²) in [7, 11) is 0. The maximum Gasteiger partial charge on any atom is 0.187 e. The third-order valence-electron chi connectivity index (χ3n) is 12.4. The van der Waals surface area contributed by atoms with Crippen molar-refractivity contribution in [3.63, 3.8) is 0 Å². The fraction of sp³-hybridized carbons (Fsp3) is 1.00. The molecule has 6 fully saturated rings. The van der Waals surface area contributed by atoms with Gasteiger partial charge in [-0.3, -0.25) is 0 Å². The predicted molar refractivity (Wildman–Crippen MR) is 199 cm³/mol. The van der Waals surface area contributed by atoms with Gasteiger partial charge in [-0.05, 0) is 0 Å². The average Bonchev–Trinajstić information content (AvgIpc) is 3.31. The van der Waals surface area contributed by atoms with Gasteiger partial charge < -0.3 is 154 Å². The Morgan fingerprint density at radius 1 is 0.254 bits per heavy atom.